The molecule has 6 heteroatoms. The van der Waals surface area contributed by atoms with Crippen LogP contribution in [0.25, 0.3) is 0 Å². The summed E-state index contributed by atoms with van der Waals surface area (Å²) < 4.78 is 27.2. The van der Waals surface area contributed by atoms with Crippen molar-refractivity contribution in [3.05, 3.63) is 0 Å². The Morgan fingerprint density at radius 3 is 2.41 bits per heavy atom. The molecule has 0 amide bonds. The van der Waals surface area contributed by atoms with Crippen molar-refractivity contribution < 1.29 is 13.5 Å². The van der Waals surface area contributed by atoms with Gasteiger partial charge in [0.05, 0.1) is 6.10 Å². The van der Waals surface area contributed by atoms with Gasteiger partial charge >= 0.3 is 0 Å². The van der Waals surface area contributed by atoms with Crippen LogP contribution in [0.15, 0.2) is 0 Å². The van der Waals surface area contributed by atoms with Gasteiger partial charge in [-0.25, -0.2) is 0 Å². The third-order valence-corrected chi connectivity index (χ3v) is 6.00. The second-order valence-corrected chi connectivity index (χ2v) is 7.37. The molecular formula is C11H22N2O3S. The summed E-state index contributed by atoms with van der Waals surface area (Å²) in [4.78, 5) is 0. The van der Waals surface area contributed by atoms with Gasteiger partial charge in [-0.3, -0.25) is 0 Å². The van der Waals surface area contributed by atoms with E-state index in [1.807, 2.05) is 0 Å². The van der Waals surface area contributed by atoms with E-state index in [0.717, 1.165) is 32.1 Å². The van der Waals surface area contributed by atoms with Gasteiger partial charge < -0.3 is 5.11 Å². The minimum Gasteiger partial charge on any atom is -0.393 e. The van der Waals surface area contributed by atoms with E-state index in [0.29, 0.717) is 6.54 Å². The summed E-state index contributed by atoms with van der Waals surface area (Å²) in [6.45, 7) is 0.592. The maximum atomic E-state index is 12.2. The molecule has 17 heavy (non-hydrogen) atoms. The smallest absolute Gasteiger partial charge is 0.281 e. The van der Waals surface area contributed by atoms with Gasteiger partial charge in [0.1, 0.15) is 0 Å². The minimum absolute atomic E-state index is 0.0000926. The molecule has 0 radical (unpaired) electrons. The maximum Gasteiger partial charge on any atom is 0.281 e. The summed E-state index contributed by atoms with van der Waals surface area (Å²) in [6, 6.07) is -0.0000926. The van der Waals surface area contributed by atoms with Crippen LogP contribution < -0.4 is 0 Å². The number of hydrogen-bond acceptors (Lipinski definition) is 3. The quantitative estimate of drug-likeness (QED) is 0.802. The molecule has 1 aliphatic heterocycles. The molecule has 0 aromatic rings. The van der Waals surface area contributed by atoms with E-state index in [2.05, 4.69) is 0 Å². The van der Waals surface area contributed by atoms with Crippen LogP contribution in [-0.2, 0) is 10.2 Å². The fourth-order valence-electron chi connectivity index (χ4n) is 3.11. The van der Waals surface area contributed by atoms with Crippen LogP contribution in [0.1, 0.15) is 32.1 Å². The van der Waals surface area contributed by atoms with Crippen molar-refractivity contribution in [3.63, 3.8) is 0 Å². The van der Waals surface area contributed by atoms with Gasteiger partial charge in [-0.15, -0.1) is 0 Å². The summed E-state index contributed by atoms with van der Waals surface area (Å²) in [6.07, 6.45) is 4.24. The highest BCUT2D eigenvalue weighted by atomic mass is 32.2. The average Bonchev–Trinajstić information content (AvgIpc) is 2.84. The highest BCUT2D eigenvalue weighted by molar-refractivity contribution is 7.86. The second-order valence-electron chi connectivity index (χ2n) is 5.27. The molecule has 5 nitrogen and oxygen atoms in total. The SMILES string of the molecule is CN(C)S(=O)(=O)N1CCCC1C1CCCC1O. The van der Waals surface area contributed by atoms with Crippen molar-refractivity contribution in [2.75, 3.05) is 20.6 Å². The molecule has 3 atom stereocenters. The van der Waals surface area contributed by atoms with E-state index in [1.54, 1.807) is 18.4 Å². The molecule has 0 spiro atoms. The minimum atomic E-state index is -3.33. The van der Waals surface area contributed by atoms with Gasteiger partial charge in [0.2, 0.25) is 0 Å². The van der Waals surface area contributed by atoms with E-state index in [9.17, 15) is 13.5 Å². The van der Waals surface area contributed by atoms with Crippen molar-refractivity contribution in [2.45, 2.75) is 44.2 Å². The highest BCUT2D eigenvalue weighted by Gasteiger charge is 2.43. The first-order chi connectivity index (χ1) is 7.94. The third kappa shape index (κ3) is 2.36. The van der Waals surface area contributed by atoms with E-state index in [1.165, 1.54) is 4.31 Å². The third-order valence-electron chi connectivity index (χ3n) is 4.03. The Balaban J connectivity index is 2.18. The Labute approximate surface area is 104 Å². The Bertz CT molecular complexity index is 369. The summed E-state index contributed by atoms with van der Waals surface area (Å²) in [5.74, 6) is 0.132. The van der Waals surface area contributed by atoms with Crippen LogP contribution in [0.3, 0.4) is 0 Å². The molecule has 100 valence electrons. The first kappa shape index (κ1) is 13.3. The van der Waals surface area contributed by atoms with Crippen molar-refractivity contribution in [2.24, 2.45) is 5.92 Å². The second kappa shape index (κ2) is 4.84. The van der Waals surface area contributed by atoms with E-state index in [-0.39, 0.29) is 18.1 Å². The molecule has 0 aromatic heterocycles. The highest BCUT2D eigenvalue weighted by Crippen LogP contribution is 2.37. The van der Waals surface area contributed by atoms with Gasteiger partial charge in [0.15, 0.2) is 0 Å². The number of aliphatic hydroxyl groups excluding tert-OH is 1. The molecule has 2 aliphatic rings. The maximum absolute atomic E-state index is 12.2. The number of rotatable bonds is 3. The monoisotopic (exact) mass is 262 g/mol. The van der Waals surface area contributed by atoms with Crippen LogP contribution in [-0.4, -0.2) is 54.9 Å². The molecule has 0 bridgehead atoms. The molecular weight excluding hydrogens is 240 g/mol. The van der Waals surface area contributed by atoms with Crippen LogP contribution in [0.5, 0.6) is 0 Å². The lowest BCUT2D eigenvalue weighted by Crippen LogP contribution is -2.47. The number of nitrogens with zero attached hydrogens (tertiary/aromatic N) is 2. The van der Waals surface area contributed by atoms with Gasteiger partial charge in [-0.05, 0) is 25.7 Å². The molecule has 1 saturated heterocycles. The molecule has 1 aliphatic carbocycles. The van der Waals surface area contributed by atoms with Crippen molar-refractivity contribution in [3.8, 4) is 0 Å². The molecule has 1 N–H and O–H groups in total. The van der Waals surface area contributed by atoms with Crippen molar-refractivity contribution in [1.29, 1.82) is 0 Å². The Morgan fingerprint density at radius 2 is 1.88 bits per heavy atom. The van der Waals surface area contributed by atoms with Crippen LogP contribution >= 0.6 is 0 Å². The van der Waals surface area contributed by atoms with Gasteiger partial charge in [-0.2, -0.15) is 17.0 Å². The normalized spacial score (nSPS) is 35.9. The molecule has 3 unspecified atom stereocenters. The largest absolute Gasteiger partial charge is 0.393 e. The molecule has 1 saturated carbocycles. The number of hydrogen-bond donors (Lipinski definition) is 1. The molecule has 0 aromatic carbocycles. The lowest BCUT2D eigenvalue weighted by Gasteiger charge is -2.32. The summed E-state index contributed by atoms with van der Waals surface area (Å²) in [5, 5.41) is 9.94. The Hall–Kier alpha value is -0.170. The van der Waals surface area contributed by atoms with Crippen molar-refractivity contribution >= 4 is 10.2 Å². The zero-order chi connectivity index (χ0) is 12.6. The summed E-state index contributed by atoms with van der Waals surface area (Å²) >= 11 is 0. The van der Waals surface area contributed by atoms with Gasteiger partial charge in [0, 0.05) is 32.6 Å². The lowest BCUT2D eigenvalue weighted by molar-refractivity contribution is 0.0963. The predicted octanol–water partition coefficient (Wildman–Crippen LogP) is 0.418. The first-order valence-electron chi connectivity index (χ1n) is 6.32. The fraction of sp³-hybridized carbons (Fsp3) is 1.00. The fourth-order valence-corrected chi connectivity index (χ4v) is 4.49. The first-order valence-corrected chi connectivity index (χ1v) is 7.71. The topological polar surface area (TPSA) is 60.9 Å². The van der Waals surface area contributed by atoms with E-state index < -0.39 is 10.2 Å². The summed E-state index contributed by atoms with van der Waals surface area (Å²) in [5.41, 5.74) is 0. The van der Waals surface area contributed by atoms with Crippen LogP contribution in [0, 0.1) is 5.92 Å². The Morgan fingerprint density at radius 1 is 1.18 bits per heavy atom. The molecule has 2 rings (SSSR count). The standard InChI is InChI=1S/C11H22N2O3S/c1-12(2)17(15,16)13-8-4-6-10(13)9-5-3-7-11(9)14/h9-11,14H,3-8H2,1-2H3. The zero-order valence-electron chi connectivity index (χ0n) is 10.5. The summed E-state index contributed by atoms with van der Waals surface area (Å²) in [7, 11) is -0.201. The van der Waals surface area contributed by atoms with E-state index in [4.69, 9.17) is 0 Å². The lowest BCUT2D eigenvalue weighted by atomic mass is 9.95. The molecule has 2 fully saturated rings. The Kier molecular flexibility index (Phi) is 3.77. The zero-order valence-corrected chi connectivity index (χ0v) is 11.4. The van der Waals surface area contributed by atoms with Crippen LogP contribution in [0.2, 0.25) is 0 Å². The van der Waals surface area contributed by atoms with Gasteiger partial charge in [0.25, 0.3) is 10.2 Å². The number of aliphatic hydroxyl groups is 1. The van der Waals surface area contributed by atoms with Gasteiger partial charge in [-0.1, -0.05) is 6.42 Å². The average molecular weight is 262 g/mol. The predicted molar refractivity (Wildman–Crippen MR) is 65.7 cm³/mol. The van der Waals surface area contributed by atoms with E-state index >= 15 is 0 Å². The van der Waals surface area contributed by atoms with Crippen molar-refractivity contribution in [1.82, 2.24) is 8.61 Å². The van der Waals surface area contributed by atoms with Crippen LogP contribution in [0.4, 0.5) is 0 Å². The molecule has 1 heterocycles.